The van der Waals surface area contributed by atoms with Crippen LogP contribution in [-0.2, 0) is 0 Å². The molecule has 1 rings (SSSR count). The van der Waals surface area contributed by atoms with Crippen molar-refractivity contribution in [1.82, 2.24) is 0 Å². The van der Waals surface area contributed by atoms with Crippen LogP contribution in [0.3, 0.4) is 0 Å². The number of nitrogens with two attached hydrogens (primary N) is 1. The highest BCUT2D eigenvalue weighted by molar-refractivity contribution is 5.00. The highest BCUT2D eigenvalue weighted by atomic mass is 14.7. The van der Waals surface area contributed by atoms with Gasteiger partial charge in [0.1, 0.15) is 0 Å². The summed E-state index contributed by atoms with van der Waals surface area (Å²) >= 11 is 0. The van der Waals surface area contributed by atoms with E-state index in [2.05, 4.69) is 31.2 Å². The molecule has 0 bridgehead atoms. The van der Waals surface area contributed by atoms with Gasteiger partial charge in [0.2, 0.25) is 0 Å². The van der Waals surface area contributed by atoms with Crippen LogP contribution in [0.15, 0.2) is 24.3 Å². The zero-order chi connectivity index (χ0) is 9.52. The maximum absolute atomic E-state index is 5.92. The maximum Gasteiger partial charge on any atom is 0.0252 e. The molecule has 13 heavy (non-hydrogen) atoms. The molecule has 74 valence electrons. The molecule has 1 atom stereocenters. The molecule has 0 radical (unpaired) electrons. The van der Waals surface area contributed by atoms with E-state index in [0.717, 1.165) is 25.2 Å². The normalized spacial score (nSPS) is 20.2. The van der Waals surface area contributed by atoms with Gasteiger partial charge in [-0.05, 0) is 38.0 Å². The molecule has 1 unspecified atom stereocenters. The van der Waals surface area contributed by atoms with Gasteiger partial charge in [0, 0.05) is 6.04 Å². The third-order valence-electron chi connectivity index (χ3n) is 2.43. The number of allylic oxidation sites excluding steroid dienone is 3. The molecule has 0 amide bonds. The number of unbranched alkanes of at least 4 members (excludes halogenated alkanes) is 1. The number of hydrogen-bond donors (Lipinski definition) is 1. The van der Waals surface area contributed by atoms with E-state index in [-0.39, 0.29) is 0 Å². The predicted molar refractivity (Wildman–Crippen MR) is 58.5 cm³/mol. The average Bonchev–Trinajstić information content (AvgIpc) is 2.93. The topological polar surface area (TPSA) is 26.0 Å². The molecule has 0 aromatic carbocycles. The van der Waals surface area contributed by atoms with Crippen LogP contribution in [0.2, 0.25) is 0 Å². The van der Waals surface area contributed by atoms with Crippen LogP contribution in [0, 0.1) is 5.92 Å². The highest BCUT2D eigenvalue weighted by Crippen LogP contribution is 2.31. The summed E-state index contributed by atoms with van der Waals surface area (Å²) in [5.74, 6) is 0.794. The van der Waals surface area contributed by atoms with Crippen molar-refractivity contribution in [2.24, 2.45) is 11.7 Å². The Balaban J connectivity index is 2.00. The molecular formula is C12H21N. The number of rotatable bonds is 6. The van der Waals surface area contributed by atoms with Gasteiger partial charge < -0.3 is 5.73 Å². The summed E-state index contributed by atoms with van der Waals surface area (Å²) in [6.07, 6.45) is 15.0. The lowest BCUT2D eigenvalue weighted by Crippen LogP contribution is -2.18. The minimum Gasteiger partial charge on any atom is -0.324 e. The molecule has 1 saturated carbocycles. The van der Waals surface area contributed by atoms with Crippen molar-refractivity contribution in [2.45, 2.75) is 45.1 Å². The molecule has 0 heterocycles. The zero-order valence-corrected chi connectivity index (χ0v) is 8.58. The largest absolute Gasteiger partial charge is 0.324 e. The van der Waals surface area contributed by atoms with Crippen LogP contribution >= 0.6 is 0 Å². The SMILES string of the molecule is CC/C=C\CC/C=C/C(N)C1CC1. The van der Waals surface area contributed by atoms with Crippen molar-refractivity contribution >= 4 is 0 Å². The molecule has 1 heteroatoms. The Morgan fingerprint density at radius 1 is 1.23 bits per heavy atom. The smallest absolute Gasteiger partial charge is 0.0252 e. The average molecular weight is 179 g/mol. The van der Waals surface area contributed by atoms with Gasteiger partial charge in [0.25, 0.3) is 0 Å². The monoisotopic (exact) mass is 179 g/mol. The van der Waals surface area contributed by atoms with Crippen LogP contribution in [0.4, 0.5) is 0 Å². The van der Waals surface area contributed by atoms with Gasteiger partial charge in [-0.25, -0.2) is 0 Å². The summed E-state index contributed by atoms with van der Waals surface area (Å²) < 4.78 is 0. The van der Waals surface area contributed by atoms with Crippen molar-refractivity contribution in [3.63, 3.8) is 0 Å². The summed E-state index contributed by atoms with van der Waals surface area (Å²) in [7, 11) is 0. The van der Waals surface area contributed by atoms with E-state index in [9.17, 15) is 0 Å². The third kappa shape index (κ3) is 4.89. The summed E-state index contributed by atoms with van der Waals surface area (Å²) in [4.78, 5) is 0. The summed E-state index contributed by atoms with van der Waals surface area (Å²) in [6.45, 7) is 2.16. The lowest BCUT2D eigenvalue weighted by molar-refractivity contribution is 0.707. The molecule has 0 aromatic rings. The van der Waals surface area contributed by atoms with Gasteiger partial charge in [-0.15, -0.1) is 0 Å². The van der Waals surface area contributed by atoms with Gasteiger partial charge in [-0.3, -0.25) is 0 Å². The fourth-order valence-electron chi connectivity index (χ4n) is 1.37. The summed E-state index contributed by atoms with van der Waals surface area (Å²) in [5.41, 5.74) is 5.92. The molecule has 0 saturated heterocycles. The molecule has 0 aromatic heterocycles. The Labute approximate surface area is 81.7 Å². The van der Waals surface area contributed by atoms with Gasteiger partial charge in [0.05, 0.1) is 0 Å². The Kier molecular flexibility index (Phi) is 4.84. The van der Waals surface area contributed by atoms with Crippen LogP contribution < -0.4 is 5.73 Å². The van der Waals surface area contributed by atoms with Crippen LogP contribution in [0.25, 0.3) is 0 Å². The van der Waals surface area contributed by atoms with E-state index in [0.29, 0.717) is 6.04 Å². The zero-order valence-electron chi connectivity index (χ0n) is 8.58. The third-order valence-corrected chi connectivity index (χ3v) is 2.43. The van der Waals surface area contributed by atoms with Gasteiger partial charge in [-0.1, -0.05) is 31.2 Å². The highest BCUT2D eigenvalue weighted by Gasteiger charge is 2.26. The fourth-order valence-corrected chi connectivity index (χ4v) is 1.37. The first-order valence-electron chi connectivity index (χ1n) is 5.42. The summed E-state index contributed by atoms with van der Waals surface area (Å²) in [6, 6.07) is 0.329. The molecular weight excluding hydrogens is 158 g/mol. The Bertz CT molecular complexity index is 178. The van der Waals surface area contributed by atoms with E-state index >= 15 is 0 Å². The van der Waals surface area contributed by atoms with Crippen molar-refractivity contribution < 1.29 is 0 Å². The van der Waals surface area contributed by atoms with E-state index in [1.54, 1.807) is 0 Å². The van der Waals surface area contributed by atoms with Crippen molar-refractivity contribution in [2.75, 3.05) is 0 Å². The lowest BCUT2D eigenvalue weighted by Gasteiger charge is -2.01. The Morgan fingerprint density at radius 2 is 1.92 bits per heavy atom. The van der Waals surface area contributed by atoms with E-state index < -0.39 is 0 Å². The molecule has 1 fully saturated rings. The second kappa shape index (κ2) is 5.98. The molecule has 1 nitrogen and oxygen atoms in total. The van der Waals surface area contributed by atoms with Gasteiger partial charge in [-0.2, -0.15) is 0 Å². The Morgan fingerprint density at radius 3 is 2.54 bits per heavy atom. The van der Waals surface area contributed by atoms with Gasteiger partial charge >= 0.3 is 0 Å². The maximum atomic E-state index is 5.92. The van der Waals surface area contributed by atoms with Crippen LogP contribution in [0.1, 0.15) is 39.0 Å². The first kappa shape index (κ1) is 10.5. The van der Waals surface area contributed by atoms with Crippen molar-refractivity contribution in [3.05, 3.63) is 24.3 Å². The molecule has 0 aliphatic heterocycles. The van der Waals surface area contributed by atoms with Crippen LogP contribution in [-0.4, -0.2) is 6.04 Å². The van der Waals surface area contributed by atoms with E-state index in [1.807, 2.05) is 0 Å². The molecule has 1 aliphatic carbocycles. The standard InChI is InChI=1S/C12H21N/c1-2-3-4-5-6-7-8-12(13)11-9-10-11/h3-4,7-8,11-12H,2,5-6,9-10,13H2,1H3/b4-3-,8-7+. The number of hydrogen-bond acceptors (Lipinski definition) is 1. The van der Waals surface area contributed by atoms with Crippen LogP contribution in [0.5, 0.6) is 0 Å². The minimum absolute atomic E-state index is 0.329. The van der Waals surface area contributed by atoms with Gasteiger partial charge in [0.15, 0.2) is 0 Å². The Hall–Kier alpha value is -0.560. The quantitative estimate of drug-likeness (QED) is 0.492. The molecule has 0 spiro atoms. The second-order valence-electron chi connectivity index (χ2n) is 3.80. The molecule has 1 aliphatic rings. The van der Waals surface area contributed by atoms with Crippen molar-refractivity contribution in [3.8, 4) is 0 Å². The minimum atomic E-state index is 0.329. The first-order chi connectivity index (χ1) is 6.34. The van der Waals surface area contributed by atoms with Crippen molar-refractivity contribution in [1.29, 1.82) is 0 Å². The first-order valence-corrected chi connectivity index (χ1v) is 5.42. The fraction of sp³-hybridized carbons (Fsp3) is 0.667. The lowest BCUT2D eigenvalue weighted by atomic mass is 10.1. The van der Waals surface area contributed by atoms with E-state index in [4.69, 9.17) is 5.73 Å². The van der Waals surface area contributed by atoms with E-state index in [1.165, 1.54) is 12.8 Å². The summed E-state index contributed by atoms with van der Waals surface area (Å²) in [5, 5.41) is 0. The molecule has 2 N–H and O–H groups in total. The predicted octanol–water partition coefficient (Wildman–Crippen LogP) is 3.03. The second-order valence-corrected chi connectivity index (χ2v) is 3.80.